The summed E-state index contributed by atoms with van der Waals surface area (Å²) in [6, 6.07) is 15.0. The van der Waals surface area contributed by atoms with Crippen LogP contribution in [0, 0.1) is 0 Å². The molecule has 1 saturated heterocycles. The zero-order valence-corrected chi connectivity index (χ0v) is 15.9. The standard InChI is InChI=1S/C22H27N3O2/c1-2-23-22-24-20-10-9-18(14-21(20)27-22)16-26-19-8-6-7-17(13-19)15-25-11-4-3-5-12-25/h6-10,13-14H,2-5,11-12,15-16H2,1H3,(H,23,24). The summed E-state index contributed by atoms with van der Waals surface area (Å²) in [5.74, 6) is 0.913. The fourth-order valence-corrected chi connectivity index (χ4v) is 3.56. The van der Waals surface area contributed by atoms with E-state index < -0.39 is 0 Å². The number of oxazole rings is 1. The smallest absolute Gasteiger partial charge is 0.295 e. The predicted octanol–water partition coefficient (Wildman–Crippen LogP) is 4.82. The maximum atomic E-state index is 6.03. The van der Waals surface area contributed by atoms with Gasteiger partial charge in [0, 0.05) is 13.1 Å². The van der Waals surface area contributed by atoms with Crippen LogP contribution in [-0.4, -0.2) is 29.5 Å². The second-order valence-corrected chi connectivity index (χ2v) is 7.12. The molecule has 1 fully saturated rings. The highest BCUT2D eigenvalue weighted by molar-refractivity contribution is 5.75. The molecule has 0 saturated carbocycles. The molecule has 142 valence electrons. The van der Waals surface area contributed by atoms with Gasteiger partial charge in [0.05, 0.1) is 0 Å². The molecular weight excluding hydrogens is 338 g/mol. The van der Waals surface area contributed by atoms with E-state index in [1.54, 1.807) is 0 Å². The van der Waals surface area contributed by atoms with E-state index in [9.17, 15) is 0 Å². The van der Waals surface area contributed by atoms with Gasteiger partial charge < -0.3 is 14.5 Å². The molecule has 2 heterocycles. The lowest BCUT2D eigenvalue weighted by Crippen LogP contribution is -2.29. The Morgan fingerprint density at radius 1 is 1.07 bits per heavy atom. The van der Waals surface area contributed by atoms with Crippen molar-refractivity contribution < 1.29 is 9.15 Å². The summed E-state index contributed by atoms with van der Waals surface area (Å²) in [4.78, 5) is 6.94. The molecule has 2 aromatic carbocycles. The highest BCUT2D eigenvalue weighted by Gasteiger charge is 2.11. The second-order valence-electron chi connectivity index (χ2n) is 7.12. The molecule has 1 aromatic heterocycles. The predicted molar refractivity (Wildman–Crippen MR) is 108 cm³/mol. The fraction of sp³-hybridized carbons (Fsp3) is 0.409. The number of hydrogen-bond donors (Lipinski definition) is 1. The van der Waals surface area contributed by atoms with Gasteiger partial charge in [-0.1, -0.05) is 24.6 Å². The normalized spacial score (nSPS) is 15.1. The van der Waals surface area contributed by atoms with Crippen molar-refractivity contribution in [2.75, 3.05) is 25.0 Å². The van der Waals surface area contributed by atoms with Gasteiger partial charge in [-0.05, 0) is 68.2 Å². The van der Waals surface area contributed by atoms with Crippen molar-refractivity contribution in [2.45, 2.75) is 39.3 Å². The average molecular weight is 365 g/mol. The van der Waals surface area contributed by atoms with Crippen LogP contribution in [0.1, 0.15) is 37.3 Å². The summed E-state index contributed by atoms with van der Waals surface area (Å²) in [6.07, 6.45) is 4.00. The van der Waals surface area contributed by atoms with Crippen LogP contribution in [0.3, 0.4) is 0 Å². The van der Waals surface area contributed by atoms with Gasteiger partial charge >= 0.3 is 0 Å². The van der Waals surface area contributed by atoms with Gasteiger partial charge in [0.25, 0.3) is 6.01 Å². The quantitative estimate of drug-likeness (QED) is 0.650. The number of anilines is 1. The molecule has 0 amide bonds. The number of likely N-dealkylation sites (tertiary alicyclic amines) is 1. The molecular formula is C22H27N3O2. The van der Waals surface area contributed by atoms with E-state index >= 15 is 0 Å². The third-order valence-electron chi connectivity index (χ3n) is 4.94. The third kappa shape index (κ3) is 4.61. The number of fused-ring (bicyclic) bond motifs is 1. The minimum Gasteiger partial charge on any atom is -0.489 e. The highest BCUT2D eigenvalue weighted by Crippen LogP contribution is 2.22. The largest absolute Gasteiger partial charge is 0.489 e. The first-order valence-corrected chi connectivity index (χ1v) is 9.87. The molecule has 5 heteroatoms. The van der Waals surface area contributed by atoms with Gasteiger partial charge in [-0.3, -0.25) is 4.90 Å². The van der Waals surface area contributed by atoms with E-state index in [1.807, 2.05) is 31.2 Å². The molecule has 0 atom stereocenters. The molecule has 27 heavy (non-hydrogen) atoms. The Hall–Kier alpha value is -2.53. The van der Waals surface area contributed by atoms with E-state index in [2.05, 4.69) is 33.4 Å². The van der Waals surface area contributed by atoms with E-state index in [-0.39, 0.29) is 0 Å². The molecule has 5 nitrogen and oxygen atoms in total. The van der Waals surface area contributed by atoms with Crippen molar-refractivity contribution in [1.82, 2.24) is 9.88 Å². The van der Waals surface area contributed by atoms with Crippen LogP contribution in [0.2, 0.25) is 0 Å². The number of aromatic nitrogens is 1. The van der Waals surface area contributed by atoms with Gasteiger partial charge in [-0.15, -0.1) is 0 Å². The van der Waals surface area contributed by atoms with Gasteiger partial charge in [0.1, 0.15) is 17.9 Å². The number of benzene rings is 2. The van der Waals surface area contributed by atoms with Crippen molar-refractivity contribution in [3.63, 3.8) is 0 Å². The maximum absolute atomic E-state index is 6.03. The van der Waals surface area contributed by atoms with Crippen LogP contribution in [0.4, 0.5) is 6.01 Å². The Bertz CT molecular complexity index is 884. The van der Waals surface area contributed by atoms with Gasteiger partial charge in [0.15, 0.2) is 5.58 Å². The zero-order chi connectivity index (χ0) is 18.5. The van der Waals surface area contributed by atoms with E-state index in [0.29, 0.717) is 12.6 Å². The SMILES string of the molecule is CCNc1nc2ccc(COc3cccc(CN4CCCCC4)c3)cc2o1. The van der Waals surface area contributed by atoms with Crippen LogP contribution in [0.15, 0.2) is 46.9 Å². The minimum absolute atomic E-state index is 0.514. The molecule has 0 spiro atoms. The topological polar surface area (TPSA) is 50.5 Å². The summed E-state index contributed by atoms with van der Waals surface area (Å²) < 4.78 is 11.8. The van der Waals surface area contributed by atoms with Gasteiger partial charge in [-0.25, -0.2) is 0 Å². The number of piperidine rings is 1. The second kappa shape index (κ2) is 8.44. The first kappa shape index (κ1) is 17.9. The Morgan fingerprint density at radius 3 is 2.81 bits per heavy atom. The minimum atomic E-state index is 0.514. The van der Waals surface area contributed by atoms with Crippen molar-refractivity contribution in [3.05, 3.63) is 53.6 Å². The average Bonchev–Trinajstić information content (AvgIpc) is 3.09. The lowest BCUT2D eigenvalue weighted by molar-refractivity contribution is 0.220. The monoisotopic (exact) mass is 365 g/mol. The number of rotatable bonds is 7. The van der Waals surface area contributed by atoms with Crippen LogP contribution in [0.5, 0.6) is 5.75 Å². The number of hydrogen-bond acceptors (Lipinski definition) is 5. The zero-order valence-electron chi connectivity index (χ0n) is 15.9. The molecule has 0 radical (unpaired) electrons. The number of ether oxygens (including phenoxy) is 1. The Labute approximate surface area is 160 Å². The summed E-state index contributed by atoms with van der Waals surface area (Å²) in [7, 11) is 0. The summed E-state index contributed by atoms with van der Waals surface area (Å²) in [5.41, 5.74) is 4.03. The molecule has 4 rings (SSSR count). The lowest BCUT2D eigenvalue weighted by Gasteiger charge is -2.26. The first-order valence-electron chi connectivity index (χ1n) is 9.87. The van der Waals surface area contributed by atoms with Crippen LogP contribution in [0.25, 0.3) is 11.1 Å². The van der Waals surface area contributed by atoms with Crippen LogP contribution < -0.4 is 10.1 Å². The lowest BCUT2D eigenvalue weighted by atomic mass is 10.1. The fourth-order valence-electron chi connectivity index (χ4n) is 3.56. The third-order valence-corrected chi connectivity index (χ3v) is 4.94. The summed E-state index contributed by atoms with van der Waals surface area (Å²) >= 11 is 0. The van der Waals surface area contributed by atoms with E-state index in [4.69, 9.17) is 9.15 Å². The molecule has 1 N–H and O–H groups in total. The Kier molecular flexibility index (Phi) is 5.58. The first-order chi connectivity index (χ1) is 13.3. The Morgan fingerprint density at radius 2 is 1.96 bits per heavy atom. The summed E-state index contributed by atoms with van der Waals surface area (Å²) in [6.45, 7) is 6.74. The molecule has 0 bridgehead atoms. The maximum Gasteiger partial charge on any atom is 0.295 e. The summed E-state index contributed by atoms with van der Waals surface area (Å²) in [5, 5.41) is 3.10. The van der Waals surface area contributed by atoms with Crippen molar-refractivity contribution in [1.29, 1.82) is 0 Å². The van der Waals surface area contributed by atoms with Crippen molar-refractivity contribution >= 4 is 17.1 Å². The number of nitrogens with zero attached hydrogens (tertiary/aromatic N) is 2. The van der Waals surface area contributed by atoms with E-state index in [0.717, 1.165) is 35.5 Å². The van der Waals surface area contributed by atoms with Crippen molar-refractivity contribution in [2.24, 2.45) is 0 Å². The highest BCUT2D eigenvalue weighted by atomic mass is 16.5. The molecule has 0 unspecified atom stereocenters. The molecule has 1 aliphatic rings. The van der Waals surface area contributed by atoms with Crippen LogP contribution in [-0.2, 0) is 13.2 Å². The van der Waals surface area contributed by atoms with E-state index in [1.165, 1.54) is 37.9 Å². The number of nitrogens with one attached hydrogen (secondary N) is 1. The van der Waals surface area contributed by atoms with Crippen molar-refractivity contribution in [3.8, 4) is 5.75 Å². The van der Waals surface area contributed by atoms with Gasteiger partial charge in [0.2, 0.25) is 0 Å². The van der Waals surface area contributed by atoms with Gasteiger partial charge in [-0.2, -0.15) is 4.98 Å². The Balaban J connectivity index is 1.39. The molecule has 3 aromatic rings. The molecule has 1 aliphatic heterocycles. The van der Waals surface area contributed by atoms with Crippen LogP contribution >= 0.6 is 0 Å². The molecule has 0 aliphatic carbocycles.